The maximum atomic E-state index is 13.5. The van der Waals surface area contributed by atoms with Gasteiger partial charge in [0.1, 0.15) is 0 Å². The van der Waals surface area contributed by atoms with Crippen LogP contribution in [-0.4, -0.2) is 29.3 Å². The first kappa shape index (κ1) is 22.1. The number of ether oxygens (including phenoxy) is 1. The Hall–Kier alpha value is -3.21. The fourth-order valence-electron chi connectivity index (χ4n) is 3.10. The van der Waals surface area contributed by atoms with E-state index in [9.17, 15) is 14.4 Å². The lowest BCUT2D eigenvalue weighted by Crippen LogP contribution is -2.40. The predicted molar refractivity (Wildman–Crippen MR) is 112 cm³/mol. The summed E-state index contributed by atoms with van der Waals surface area (Å²) < 4.78 is 5.10. The number of benzene rings is 2. The Morgan fingerprint density at radius 1 is 0.931 bits per heavy atom. The van der Waals surface area contributed by atoms with Gasteiger partial charge in [0.05, 0.1) is 19.1 Å². The van der Waals surface area contributed by atoms with Gasteiger partial charge < -0.3 is 4.74 Å². The number of imide groups is 1. The highest BCUT2D eigenvalue weighted by molar-refractivity contribution is 6.11. The third-order valence-electron chi connectivity index (χ3n) is 4.54. The zero-order chi connectivity index (χ0) is 21.4. The minimum absolute atomic E-state index is 0.111. The van der Waals surface area contributed by atoms with Gasteiger partial charge in [0.25, 0.3) is 11.8 Å². The molecule has 2 rings (SSSR count). The molecule has 0 heterocycles. The average molecular weight is 393 g/mol. The van der Waals surface area contributed by atoms with E-state index in [2.05, 4.69) is 0 Å². The van der Waals surface area contributed by atoms with Gasteiger partial charge in [-0.3, -0.25) is 19.3 Å². The Labute approximate surface area is 172 Å². The zero-order valence-corrected chi connectivity index (χ0v) is 17.3. The highest BCUT2D eigenvalue weighted by Gasteiger charge is 2.32. The number of carbonyl (C=O) groups excluding carboxylic acids is 3. The van der Waals surface area contributed by atoms with Gasteiger partial charge in [-0.2, -0.15) is 0 Å². The highest BCUT2D eigenvalue weighted by atomic mass is 16.5. The molecule has 0 aliphatic carbocycles. The van der Waals surface area contributed by atoms with Crippen molar-refractivity contribution >= 4 is 17.8 Å². The van der Waals surface area contributed by atoms with Gasteiger partial charge >= 0.3 is 5.97 Å². The molecule has 0 fully saturated rings. The van der Waals surface area contributed by atoms with Gasteiger partial charge in [-0.15, -0.1) is 0 Å². The van der Waals surface area contributed by atoms with Gasteiger partial charge in [-0.1, -0.05) is 54.1 Å². The second-order valence-electron chi connectivity index (χ2n) is 6.94. The number of allylic oxidation sites excluding steroid dienone is 1. The number of hydrogen-bond donors (Lipinski definition) is 0. The third kappa shape index (κ3) is 5.64. The molecule has 0 radical (unpaired) electrons. The van der Waals surface area contributed by atoms with E-state index in [-0.39, 0.29) is 18.7 Å². The SMILES string of the molecule is CCOC(=O)C(C)C(C(=O)N(Cc1ccccc1)C(=O)c1ccccc1)=C(C)C. The molecule has 2 amide bonds. The Kier molecular flexibility index (Phi) is 7.89. The highest BCUT2D eigenvalue weighted by Crippen LogP contribution is 2.22. The summed E-state index contributed by atoms with van der Waals surface area (Å²) in [5.74, 6) is -2.14. The predicted octanol–water partition coefficient (Wildman–Crippen LogP) is 4.39. The van der Waals surface area contributed by atoms with Crippen LogP contribution in [0.3, 0.4) is 0 Å². The van der Waals surface area contributed by atoms with Crippen LogP contribution in [0.1, 0.15) is 43.6 Å². The van der Waals surface area contributed by atoms with Crippen molar-refractivity contribution in [2.45, 2.75) is 34.2 Å². The lowest BCUT2D eigenvalue weighted by atomic mass is 9.95. The quantitative estimate of drug-likeness (QED) is 0.517. The van der Waals surface area contributed by atoms with Crippen LogP contribution in [0.5, 0.6) is 0 Å². The van der Waals surface area contributed by atoms with Crippen LogP contribution in [-0.2, 0) is 20.9 Å². The molecule has 152 valence electrons. The van der Waals surface area contributed by atoms with Crippen molar-refractivity contribution in [1.82, 2.24) is 4.90 Å². The van der Waals surface area contributed by atoms with E-state index in [1.807, 2.05) is 36.4 Å². The van der Waals surface area contributed by atoms with Gasteiger partial charge in [-0.25, -0.2) is 0 Å². The molecule has 0 saturated heterocycles. The monoisotopic (exact) mass is 393 g/mol. The minimum Gasteiger partial charge on any atom is -0.466 e. The van der Waals surface area contributed by atoms with Crippen molar-refractivity contribution in [3.05, 3.63) is 82.9 Å². The maximum Gasteiger partial charge on any atom is 0.313 e. The maximum absolute atomic E-state index is 13.5. The Bertz CT molecular complexity index is 884. The number of esters is 1. The summed E-state index contributed by atoms with van der Waals surface area (Å²) in [6.45, 7) is 7.21. The first-order chi connectivity index (χ1) is 13.9. The topological polar surface area (TPSA) is 63.7 Å². The summed E-state index contributed by atoms with van der Waals surface area (Å²) in [6, 6.07) is 18.0. The summed E-state index contributed by atoms with van der Waals surface area (Å²) in [5, 5.41) is 0. The summed E-state index contributed by atoms with van der Waals surface area (Å²) in [7, 11) is 0. The molecule has 1 unspecified atom stereocenters. The second kappa shape index (κ2) is 10.4. The van der Waals surface area contributed by atoms with Crippen LogP contribution in [0.4, 0.5) is 0 Å². The minimum atomic E-state index is -0.769. The molecular formula is C24H27NO4. The van der Waals surface area contributed by atoms with Crippen LogP contribution in [0, 0.1) is 5.92 Å². The number of nitrogens with zero attached hydrogens (tertiary/aromatic N) is 1. The smallest absolute Gasteiger partial charge is 0.313 e. The van der Waals surface area contributed by atoms with Gasteiger partial charge in [0.15, 0.2) is 0 Å². The molecule has 0 aliphatic heterocycles. The molecule has 5 nitrogen and oxygen atoms in total. The van der Waals surface area contributed by atoms with E-state index >= 15 is 0 Å². The largest absolute Gasteiger partial charge is 0.466 e. The van der Waals surface area contributed by atoms with Crippen molar-refractivity contribution in [2.75, 3.05) is 6.61 Å². The van der Waals surface area contributed by atoms with E-state index in [0.717, 1.165) is 5.56 Å². The van der Waals surface area contributed by atoms with Crippen molar-refractivity contribution in [1.29, 1.82) is 0 Å². The molecule has 0 N–H and O–H groups in total. The summed E-state index contributed by atoms with van der Waals surface area (Å²) in [4.78, 5) is 40.2. The molecule has 0 saturated carbocycles. The van der Waals surface area contributed by atoms with Crippen molar-refractivity contribution in [2.24, 2.45) is 5.92 Å². The number of amides is 2. The Balaban J connectivity index is 2.45. The molecule has 0 aliphatic rings. The van der Waals surface area contributed by atoms with Crippen LogP contribution in [0.15, 0.2) is 71.8 Å². The van der Waals surface area contributed by atoms with E-state index < -0.39 is 23.7 Å². The van der Waals surface area contributed by atoms with Crippen molar-refractivity contribution in [3.8, 4) is 0 Å². The van der Waals surface area contributed by atoms with Crippen LogP contribution < -0.4 is 0 Å². The standard InChI is InChI=1S/C24H27NO4/c1-5-29-24(28)18(4)21(17(2)3)23(27)25(16-19-12-8-6-9-13-19)22(26)20-14-10-7-11-15-20/h6-15,18H,5,16H2,1-4H3. The molecule has 0 spiro atoms. The lowest BCUT2D eigenvalue weighted by Gasteiger charge is -2.25. The number of rotatable bonds is 7. The Morgan fingerprint density at radius 2 is 1.48 bits per heavy atom. The zero-order valence-electron chi connectivity index (χ0n) is 17.3. The van der Waals surface area contributed by atoms with Crippen LogP contribution in [0.25, 0.3) is 0 Å². The molecule has 0 aromatic heterocycles. The van der Waals surface area contributed by atoms with E-state index in [4.69, 9.17) is 4.74 Å². The fraction of sp³-hybridized carbons (Fsp3) is 0.292. The van der Waals surface area contributed by atoms with Crippen LogP contribution >= 0.6 is 0 Å². The summed E-state index contributed by atoms with van der Waals surface area (Å²) in [6.07, 6.45) is 0. The Morgan fingerprint density at radius 3 is 2.00 bits per heavy atom. The lowest BCUT2D eigenvalue weighted by molar-refractivity contribution is -0.147. The molecule has 2 aromatic carbocycles. The molecule has 29 heavy (non-hydrogen) atoms. The van der Waals surface area contributed by atoms with Gasteiger partial charge in [-0.05, 0) is 45.4 Å². The van der Waals surface area contributed by atoms with Crippen molar-refractivity contribution in [3.63, 3.8) is 0 Å². The molecule has 2 aromatic rings. The summed E-state index contributed by atoms with van der Waals surface area (Å²) in [5.41, 5.74) is 2.19. The van der Waals surface area contributed by atoms with Gasteiger partial charge in [0.2, 0.25) is 0 Å². The summed E-state index contributed by atoms with van der Waals surface area (Å²) >= 11 is 0. The van der Waals surface area contributed by atoms with E-state index in [1.165, 1.54) is 4.90 Å². The molecule has 1 atom stereocenters. The van der Waals surface area contributed by atoms with E-state index in [0.29, 0.717) is 11.1 Å². The first-order valence-electron chi connectivity index (χ1n) is 9.66. The fourth-order valence-corrected chi connectivity index (χ4v) is 3.10. The molecular weight excluding hydrogens is 366 g/mol. The van der Waals surface area contributed by atoms with Gasteiger partial charge in [0, 0.05) is 11.1 Å². The molecule has 5 heteroatoms. The van der Waals surface area contributed by atoms with Crippen LogP contribution in [0.2, 0.25) is 0 Å². The first-order valence-corrected chi connectivity index (χ1v) is 9.66. The normalized spacial score (nSPS) is 11.3. The van der Waals surface area contributed by atoms with E-state index in [1.54, 1.807) is 52.0 Å². The second-order valence-corrected chi connectivity index (χ2v) is 6.94. The average Bonchev–Trinajstić information content (AvgIpc) is 2.72. The van der Waals surface area contributed by atoms with Crippen molar-refractivity contribution < 1.29 is 19.1 Å². The molecule has 0 bridgehead atoms. The third-order valence-corrected chi connectivity index (χ3v) is 4.54. The number of carbonyl (C=O) groups is 3. The number of hydrogen-bond acceptors (Lipinski definition) is 4.